The third-order valence-electron chi connectivity index (χ3n) is 3.98. The molecule has 1 aliphatic rings. The number of hydrogen-bond acceptors (Lipinski definition) is 4. The van der Waals surface area contributed by atoms with Crippen LogP contribution in [0.5, 0.6) is 0 Å². The summed E-state index contributed by atoms with van der Waals surface area (Å²) >= 11 is 1.74. The van der Waals surface area contributed by atoms with Crippen LogP contribution in [0.4, 0.5) is 0 Å². The summed E-state index contributed by atoms with van der Waals surface area (Å²) in [5.41, 5.74) is 0.667. The van der Waals surface area contributed by atoms with Crippen LogP contribution in [0.1, 0.15) is 28.1 Å². The van der Waals surface area contributed by atoms with E-state index < -0.39 is 0 Å². The highest BCUT2D eigenvalue weighted by Crippen LogP contribution is 2.19. The minimum Gasteiger partial charge on any atom is -0.381 e. The summed E-state index contributed by atoms with van der Waals surface area (Å²) in [7, 11) is 0. The topological polar surface area (TPSA) is 42.4 Å². The molecule has 1 aliphatic heterocycles. The van der Waals surface area contributed by atoms with Gasteiger partial charge >= 0.3 is 0 Å². The highest BCUT2D eigenvalue weighted by Gasteiger charge is 2.26. The molecule has 2 aromatic heterocycles. The molecule has 5 heteroatoms. The van der Waals surface area contributed by atoms with Gasteiger partial charge in [0.2, 0.25) is 0 Å². The summed E-state index contributed by atoms with van der Waals surface area (Å²) in [5, 5.41) is 2.08. The lowest BCUT2D eigenvalue weighted by Crippen LogP contribution is -2.44. The Morgan fingerprint density at radius 2 is 2.18 bits per heavy atom. The van der Waals surface area contributed by atoms with Gasteiger partial charge in [-0.15, -0.1) is 11.3 Å². The van der Waals surface area contributed by atoms with Gasteiger partial charge in [-0.05, 0) is 42.8 Å². The summed E-state index contributed by atoms with van der Waals surface area (Å²) in [5.74, 6) is 0.0801. The average Bonchev–Trinajstić information content (AvgIpc) is 3.10. The van der Waals surface area contributed by atoms with Crippen molar-refractivity contribution in [2.24, 2.45) is 0 Å². The molecule has 3 heterocycles. The third-order valence-corrected chi connectivity index (χ3v) is 4.92. The maximum Gasteiger partial charge on any atom is 0.255 e. The van der Waals surface area contributed by atoms with Gasteiger partial charge < -0.3 is 9.64 Å². The van der Waals surface area contributed by atoms with Gasteiger partial charge in [-0.25, -0.2) is 0 Å². The number of thiophene rings is 1. The Morgan fingerprint density at radius 3 is 2.86 bits per heavy atom. The zero-order chi connectivity index (χ0) is 15.2. The lowest BCUT2D eigenvalue weighted by molar-refractivity contribution is 0.0293. The molecule has 0 saturated carbocycles. The Hall–Kier alpha value is -1.72. The van der Waals surface area contributed by atoms with Crippen molar-refractivity contribution in [1.29, 1.82) is 0 Å². The van der Waals surface area contributed by atoms with E-state index in [-0.39, 0.29) is 11.9 Å². The molecular formula is C17H20N2O2S. The van der Waals surface area contributed by atoms with Crippen LogP contribution in [0, 0.1) is 0 Å². The summed E-state index contributed by atoms with van der Waals surface area (Å²) in [6, 6.07) is 8.10. The fraction of sp³-hybridized carbons (Fsp3) is 0.412. The molecule has 0 radical (unpaired) electrons. The van der Waals surface area contributed by atoms with Crippen LogP contribution in [-0.4, -0.2) is 41.6 Å². The van der Waals surface area contributed by atoms with Crippen LogP contribution in [0.15, 0.2) is 42.0 Å². The second-order valence-corrected chi connectivity index (χ2v) is 6.45. The van der Waals surface area contributed by atoms with Crippen molar-refractivity contribution in [3.05, 3.63) is 52.5 Å². The van der Waals surface area contributed by atoms with Crippen molar-refractivity contribution in [2.45, 2.75) is 25.3 Å². The first-order valence-corrected chi connectivity index (χ1v) is 8.53. The molecule has 0 unspecified atom stereocenters. The fourth-order valence-electron chi connectivity index (χ4n) is 2.79. The van der Waals surface area contributed by atoms with Gasteiger partial charge in [0.15, 0.2) is 0 Å². The second-order valence-electron chi connectivity index (χ2n) is 5.41. The average molecular weight is 316 g/mol. The molecule has 0 atom stereocenters. The van der Waals surface area contributed by atoms with Crippen molar-refractivity contribution < 1.29 is 9.53 Å². The minimum absolute atomic E-state index is 0.0801. The summed E-state index contributed by atoms with van der Waals surface area (Å²) < 4.78 is 5.44. The van der Waals surface area contributed by atoms with E-state index in [9.17, 15) is 4.79 Å². The molecule has 2 aromatic rings. The highest BCUT2D eigenvalue weighted by molar-refractivity contribution is 7.09. The van der Waals surface area contributed by atoms with E-state index in [2.05, 4.69) is 22.5 Å². The van der Waals surface area contributed by atoms with E-state index in [1.807, 2.05) is 17.0 Å². The van der Waals surface area contributed by atoms with E-state index in [4.69, 9.17) is 4.74 Å². The number of nitrogens with zero attached hydrogens (tertiary/aromatic N) is 2. The number of carbonyl (C=O) groups excluding carboxylic acids is 1. The van der Waals surface area contributed by atoms with Crippen LogP contribution in [0.25, 0.3) is 0 Å². The van der Waals surface area contributed by atoms with E-state index >= 15 is 0 Å². The van der Waals surface area contributed by atoms with Crippen LogP contribution < -0.4 is 0 Å². The first-order valence-electron chi connectivity index (χ1n) is 7.66. The standard InChI is InChI=1S/C17H20N2O2S/c20-17(14-3-1-8-18-13-14)19(15-6-10-21-11-7-15)9-5-16-4-2-12-22-16/h1-4,8,12-13,15H,5-7,9-11H2. The molecule has 1 fully saturated rings. The maximum absolute atomic E-state index is 12.9. The van der Waals surface area contributed by atoms with Gasteiger partial charge in [0.25, 0.3) is 5.91 Å². The lowest BCUT2D eigenvalue weighted by Gasteiger charge is -2.34. The van der Waals surface area contributed by atoms with Crippen LogP contribution in [0.2, 0.25) is 0 Å². The van der Waals surface area contributed by atoms with Gasteiger partial charge in [-0.1, -0.05) is 6.07 Å². The van der Waals surface area contributed by atoms with Crippen molar-refractivity contribution in [3.63, 3.8) is 0 Å². The molecule has 3 rings (SSSR count). The Labute approximate surface area is 134 Å². The first kappa shape index (κ1) is 15.2. The number of ether oxygens (including phenoxy) is 1. The fourth-order valence-corrected chi connectivity index (χ4v) is 3.49. The third kappa shape index (κ3) is 3.72. The van der Waals surface area contributed by atoms with Crippen molar-refractivity contribution in [1.82, 2.24) is 9.88 Å². The van der Waals surface area contributed by atoms with Gasteiger partial charge in [-0.2, -0.15) is 0 Å². The number of amides is 1. The van der Waals surface area contributed by atoms with Crippen molar-refractivity contribution in [2.75, 3.05) is 19.8 Å². The number of rotatable bonds is 5. The molecule has 0 aliphatic carbocycles. The first-order chi connectivity index (χ1) is 10.8. The molecular weight excluding hydrogens is 296 g/mol. The monoisotopic (exact) mass is 316 g/mol. The van der Waals surface area contributed by atoms with Crippen molar-refractivity contribution in [3.8, 4) is 0 Å². The van der Waals surface area contributed by atoms with Gasteiger partial charge in [0, 0.05) is 43.1 Å². The van der Waals surface area contributed by atoms with Gasteiger partial charge in [0.05, 0.1) is 5.56 Å². The van der Waals surface area contributed by atoms with E-state index in [0.29, 0.717) is 5.56 Å². The second kappa shape index (κ2) is 7.51. The Balaban J connectivity index is 1.74. The predicted molar refractivity (Wildman–Crippen MR) is 87.1 cm³/mol. The Kier molecular flexibility index (Phi) is 5.19. The summed E-state index contributed by atoms with van der Waals surface area (Å²) in [4.78, 5) is 20.3. The molecule has 116 valence electrons. The number of carbonyl (C=O) groups is 1. The van der Waals surface area contributed by atoms with Gasteiger partial charge in [0.1, 0.15) is 0 Å². The van der Waals surface area contributed by atoms with E-state index in [0.717, 1.165) is 39.0 Å². The molecule has 0 aromatic carbocycles. The smallest absolute Gasteiger partial charge is 0.255 e. The molecule has 0 bridgehead atoms. The van der Waals surface area contributed by atoms with Gasteiger partial charge in [-0.3, -0.25) is 9.78 Å². The highest BCUT2D eigenvalue weighted by atomic mass is 32.1. The predicted octanol–water partition coefficient (Wildman–Crippen LogP) is 3.01. The maximum atomic E-state index is 12.9. The summed E-state index contributed by atoms with van der Waals surface area (Å²) in [6.45, 7) is 2.22. The van der Waals surface area contributed by atoms with Crippen molar-refractivity contribution >= 4 is 17.2 Å². The quantitative estimate of drug-likeness (QED) is 0.851. The van der Waals surface area contributed by atoms with Crippen LogP contribution >= 0.6 is 11.3 Å². The zero-order valence-electron chi connectivity index (χ0n) is 12.5. The van der Waals surface area contributed by atoms with Crippen LogP contribution in [-0.2, 0) is 11.2 Å². The minimum atomic E-state index is 0.0801. The molecule has 4 nitrogen and oxygen atoms in total. The lowest BCUT2D eigenvalue weighted by atomic mass is 10.1. The molecule has 1 amide bonds. The van der Waals surface area contributed by atoms with E-state index in [1.54, 1.807) is 23.7 Å². The SMILES string of the molecule is O=C(c1cccnc1)N(CCc1cccs1)C1CCOCC1. The normalized spacial score (nSPS) is 15.6. The van der Waals surface area contributed by atoms with E-state index in [1.165, 1.54) is 4.88 Å². The molecule has 0 N–H and O–H groups in total. The number of aromatic nitrogens is 1. The largest absolute Gasteiger partial charge is 0.381 e. The Bertz CT molecular complexity index is 580. The molecule has 22 heavy (non-hydrogen) atoms. The number of pyridine rings is 1. The Morgan fingerprint density at radius 1 is 1.32 bits per heavy atom. The molecule has 1 saturated heterocycles. The zero-order valence-corrected chi connectivity index (χ0v) is 13.3. The number of hydrogen-bond donors (Lipinski definition) is 0. The van der Waals surface area contributed by atoms with Crippen LogP contribution in [0.3, 0.4) is 0 Å². The molecule has 0 spiro atoms. The summed E-state index contributed by atoms with van der Waals surface area (Å²) in [6.07, 6.45) is 6.08.